The number of halogens is 1. The van der Waals surface area contributed by atoms with Gasteiger partial charge < -0.3 is 4.74 Å². The van der Waals surface area contributed by atoms with Gasteiger partial charge in [0, 0.05) is 11.8 Å². The number of thiol groups is 1. The summed E-state index contributed by atoms with van der Waals surface area (Å²) in [6.45, 7) is 0.533. The predicted molar refractivity (Wildman–Crippen MR) is 55.5 cm³/mol. The topological polar surface area (TPSA) is 33.0 Å². The van der Waals surface area contributed by atoms with E-state index in [4.69, 9.17) is 21.6 Å². The largest absolute Gasteiger partial charge is 0.493 e. The van der Waals surface area contributed by atoms with Gasteiger partial charge in [0.05, 0.1) is 17.2 Å². The van der Waals surface area contributed by atoms with Crippen molar-refractivity contribution in [1.29, 1.82) is 5.26 Å². The lowest BCUT2D eigenvalue weighted by molar-refractivity contribution is 0.344. The average molecular weight is 214 g/mol. The molecule has 1 aromatic carbocycles. The summed E-state index contributed by atoms with van der Waals surface area (Å²) < 4.78 is 5.27. The van der Waals surface area contributed by atoms with Crippen LogP contribution in [0.25, 0.3) is 0 Å². The third-order valence-electron chi connectivity index (χ3n) is 1.42. The summed E-state index contributed by atoms with van der Waals surface area (Å²) >= 11 is 9.79. The number of rotatable bonds is 3. The summed E-state index contributed by atoms with van der Waals surface area (Å²) in [5, 5.41) is 9.01. The Morgan fingerprint density at radius 3 is 2.85 bits per heavy atom. The van der Waals surface area contributed by atoms with Gasteiger partial charge in [0.2, 0.25) is 0 Å². The zero-order valence-corrected chi connectivity index (χ0v) is 8.48. The van der Waals surface area contributed by atoms with Crippen molar-refractivity contribution in [1.82, 2.24) is 0 Å². The van der Waals surface area contributed by atoms with Crippen LogP contribution < -0.4 is 4.74 Å². The molecule has 0 radical (unpaired) electrons. The van der Waals surface area contributed by atoms with Gasteiger partial charge in [0.15, 0.2) is 0 Å². The van der Waals surface area contributed by atoms with Crippen LogP contribution in [0.4, 0.5) is 0 Å². The van der Waals surface area contributed by atoms with Crippen molar-refractivity contribution in [2.24, 2.45) is 0 Å². The van der Waals surface area contributed by atoms with Crippen LogP contribution in [0, 0.1) is 11.3 Å². The Balaban J connectivity index is 2.79. The molecule has 0 atom stereocenters. The first kappa shape index (κ1) is 10.2. The quantitative estimate of drug-likeness (QED) is 0.783. The van der Waals surface area contributed by atoms with Gasteiger partial charge in [-0.2, -0.15) is 17.9 Å². The van der Waals surface area contributed by atoms with E-state index in [1.807, 2.05) is 6.07 Å². The summed E-state index contributed by atoms with van der Waals surface area (Å²) in [6, 6.07) is 6.96. The lowest BCUT2D eigenvalue weighted by atomic mass is 10.2. The first-order chi connectivity index (χ1) is 6.27. The molecule has 13 heavy (non-hydrogen) atoms. The van der Waals surface area contributed by atoms with E-state index in [2.05, 4.69) is 12.6 Å². The van der Waals surface area contributed by atoms with E-state index < -0.39 is 0 Å². The van der Waals surface area contributed by atoms with Crippen molar-refractivity contribution in [2.75, 3.05) is 12.4 Å². The first-order valence-corrected chi connectivity index (χ1v) is 4.72. The van der Waals surface area contributed by atoms with Crippen molar-refractivity contribution in [3.05, 3.63) is 28.8 Å². The van der Waals surface area contributed by atoms with Gasteiger partial charge in [-0.25, -0.2) is 0 Å². The molecule has 0 heterocycles. The maximum atomic E-state index is 8.60. The SMILES string of the molecule is N#Cc1ccc(OCCS)cc1Cl. The molecule has 0 aromatic heterocycles. The molecule has 2 nitrogen and oxygen atoms in total. The van der Waals surface area contributed by atoms with Crippen LogP contribution in [-0.2, 0) is 0 Å². The minimum absolute atomic E-state index is 0.416. The summed E-state index contributed by atoms with van der Waals surface area (Å²) in [7, 11) is 0. The lowest BCUT2D eigenvalue weighted by Gasteiger charge is -2.04. The Morgan fingerprint density at radius 2 is 2.31 bits per heavy atom. The zero-order chi connectivity index (χ0) is 9.68. The molecule has 0 unspecified atom stereocenters. The maximum Gasteiger partial charge on any atom is 0.120 e. The van der Waals surface area contributed by atoms with Crippen molar-refractivity contribution in [3.8, 4) is 11.8 Å². The van der Waals surface area contributed by atoms with Crippen molar-refractivity contribution in [2.45, 2.75) is 0 Å². The van der Waals surface area contributed by atoms with Crippen LogP contribution in [-0.4, -0.2) is 12.4 Å². The molecule has 0 aliphatic carbocycles. The average Bonchev–Trinajstić information content (AvgIpc) is 2.15. The molecule has 1 aromatic rings. The third-order valence-corrected chi connectivity index (χ3v) is 1.92. The Bertz CT molecular complexity index is 335. The second-order valence-corrected chi connectivity index (χ2v) is 3.18. The smallest absolute Gasteiger partial charge is 0.120 e. The molecule has 0 aliphatic heterocycles. The zero-order valence-electron chi connectivity index (χ0n) is 6.83. The van der Waals surface area contributed by atoms with Crippen molar-refractivity contribution in [3.63, 3.8) is 0 Å². The Morgan fingerprint density at radius 1 is 1.54 bits per heavy atom. The highest BCUT2D eigenvalue weighted by atomic mass is 35.5. The normalized spacial score (nSPS) is 9.31. The van der Waals surface area contributed by atoms with E-state index in [0.717, 1.165) is 0 Å². The minimum atomic E-state index is 0.416. The van der Waals surface area contributed by atoms with Gasteiger partial charge in [-0.1, -0.05) is 11.6 Å². The van der Waals surface area contributed by atoms with Crippen molar-refractivity contribution < 1.29 is 4.74 Å². The van der Waals surface area contributed by atoms with E-state index in [-0.39, 0.29) is 0 Å². The second kappa shape index (κ2) is 5.00. The number of hydrogen-bond acceptors (Lipinski definition) is 3. The van der Waals surface area contributed by atoms with E-state index in [1.54, 1.807) is 18.2 Å². The number of nitriles is 1. The van der Waals surface area contributed by atoms with Crippen LogP contribution in [0.2, 0.25) is 5.02 Å². The van der Waals surface area contributed by atoms with Crippen LogP contribution in [0.3, 0.4) is 0 Å². The molecule has 0 fully saturated rings. The first-order valence-electron chi connectivity index (χ1n) is 3.71. The third kappa shape index (κ3) is 2.83. The maximum absolute atomic E-state index is 8.60. The molecule has 0 bridgehead atoms. The van der Waals surface area contributed by atoms with E-state index in [9.17, 15) is 0 Å². The molecule has 0 amide bonds. The molecule has 4 heteroatoms. The van der Waals surface area contributed by atoms with E-state index >= 15 is 0 Å². The summed E-state index contributed by atoms with van der Waals surface area (Å²) in [5.41, 5.74) is 0.458. The van der Waals surface area contributed by atoms with Gasteiger partial charge in [-0.05, 0) is 12.1 Å². The van der Waals surface area contributed by atoms with Crippen LogP contribution >= 0.6 is 24.2 Å². The van der Waals surface area contributed by atoms with Crippen molar-refractivity contribution >= 4 is 24.2 Å². The molecule has 0 aliphatic rings. The number of ether oxygens (including phenoxy) is 1. The fraction of sp³-hybridized carbons (Fsp3) is 0.222. The van der Waals surface area contributed by atoms with Gasteiger partial charge in [-0.15, -0.1) is 0 Å². The lowest BCUT2D eigenvalue weighted by Crippen LogP contribution is -1.97. The molecule has 0 saturated heterocycles. The fourth-order valence-electron chi connectivity index (χ4n) is 0.840. The summed E-state index contributed by atoms with van der Waals surface area (Å²) in [5.74, 6) is 1.32. The second-order valence-electron chi connectivity index (χ2n) is 2.33. The van der Waals surface area contributed by atoms with Gasteiger partial charge in [0.1, 0.15) is 11.8 Å². The molecule has 0 spiro atoms. The van der Waals surface area contributed by atoms with Gasteiger partial charge in [0.25, 0.3) is 0 Å². The Kier molecular flexibility index (Phi) is 3.94. The van der Waals surface area contributed by atoms with E-state index in [1.165, 1.54) is 0 Å². The minimum Gasteiger partial charge on any atom is -0.493 e. The number of nitrogens with zero attached hydrogens (tertiary/aromatic N) is 1. The van der Waals surface area contributed by atoms with E-state index in [0.29, 0.717) is 28.7 Å². The molecular weight excluding hydrogens is 206 g/mol. The fourth-order valence-corrected chi connectivity index (χ4v) is 1.14. The highest BCUT2D eigenvalue weighted by molar-refractivity contribution is 7.80. The molecule has 0 saturated carbocycles. The van der Waals surface area contributed by atoms with Crippen LogP contribution in [0.5, 0.6) is 5.75 Å². The standard InChI is InChI=1S/C9H8ClNOS/c10-9-5-8(12-3-4-13)2-1-7(9)6-11/h1-2,5,13H,3-4H2. The Hall–Kier alpha value is -0.850. The van der Waals surface area contributed by atoms with Gasteiger partial charge >= 0.3 is 0 Å². The molecule has 1 rings (SSSR count). The summed E-state index contributed by atoms with van der Waals surface area (Å²) in [6.07, 6.45) is 0. The van der Waals surface area contributed by atoms with Gasteiger partial charge in [-0.3, -0.25) is 0 Å². The Labute approximate surface area is 87.5 Å². The summed E-state index contributed by atoms with van der Waals surface area (Å²) in [4.78, 5) is 0. The molecule has 68 valence electrons. The highest BCUT2D eigenvalue weighted by Crippen LogP contribution is 2.21. The van der Waals surface area contributed by atoms with Crippen LogP contribution in [0.15, 0.2) is 18.2 Å². The predicted octanol–water partition coefficient (Wildman–Crippen LogP) is 2.52. The number of hydrogen-bond donors (Lipinski definition) is 1. The molecule has 0 N–H and O–H groups in total. The number of benzene rings is 1. The highest BCUT2D eigenvalue weighted by Gasteiger charge is 2.00. The monoisotopic (exact) mass is 213 g/mol. The molecular formula is C9H8ClNOS. The van der Waals surface area contributed by atoms with Crippen LogP contribution in [0.1, 0.15) is 5.56 Å².